The molecule has 0 saturated carbocycles. The lowest BCUT2D eigenvalue weighted by Gasteiger charge is -2.09. The van der Waals surface area contributed by atoms with Gasteiger partial charge < -0.3 is 20.5 Å². The van der Waals surface area contributed by atoms with E-state index in [1.54, 1.807) is 12.1 Å². The Morgan fingerprint density at radius 3 is 2.17 bits per heavy atom. The molecule has 0 spiro atoms. The largest absolute Gasteiger partial charge is 0.494 e. The molecule has 23 heavy (non-hydrogen) atoms. The summed E-state index contributed by atoms with van der Waals surface area (Å²) in [5.41, 5.74) is 7.27. The zero-order valence-corrected chi connectivity index (χ0v) is 13.2. The second-order valence-electron chi connectivity index (χ2n) is 5.06. The van der Waals surface area contributed by atoms with Crippen LogP contribution >= 0.6 is 0 Å². The summed E-state index contributed by atoms with van der Waals surface area (Å²) in [6.07, 6.45) is 0.963. The molecule has 2 aromatic rings. The molecule has 0 fully saturated rings. The first-order valence-corrected chi connectivity index (χ1v) is 7.65. The van der Waals surface area contributed by atoms with Crippen molar-refractivity contribution in [2.24, 2.45) is 5.73 Å². The van der Waals surface area contributed by atoms with Crippen molar-refractivity contribution in [3.05, 3.63) is 54.1 Å². The van der Waals surface area contributed by atoms with Crippen molar-refractivity contribution >= 4 is 11.6 Å². The number of hydrogen-bond acceptors (Lipinski definition) is 4. The van der Waals surface area contributed by atoms with Crippen LogP contribution in [0, 0.1) is 0 Å². The lowest BCUT2D eigenvalue weighted by atomic mass is 10.2. The van der Waals surface area contributed by atoms with Crippen molar-refractivity contribution in [2.75, 3.05) is 18.5 Å². The minimum Gasteiger partial charge on any atom is -0.494 e. The third-order valence-corrected chi connectivity index (χ3v) is 3.14. The number of rotatable bonds is 8. The average Bonchev–Trinajstić information content (AvgIpc) is 2.59. The number of carbonyl (C=O) groups excluding carboxylic acids is 1. The second kappa shape index (κ2) is 8.80. The van der Waals surface area contributed by atoms with Gasteiger partial charge in [-0.1, -0.05) is 19.1 Å². The van der Waals surface area contributed by atoms with Crippen LogP contribution in [0.5, 0.6) is 11.5 Å². The summed E-state index contributed by atoms with van der Waals surface area (Å²) in [4.78, 5) is 11.9. The molecule has 0 heterocycles. The summed E-state index contributed by atoms with van der Waals surface area (Å²) in [6, 6.07) is 14.6. The first kappa shape index (κ1) is 16.8. The van der Waals surface area contributed by atoms with Crippen LogP contribution in [0.2, 0.25) is 0 Å². The van der Waals surface area contributed by atoms with Crippen molar-refractivity contribution in [3.8, 4) is 11.5 Å². The summed E-state index contributed by atoms with van der Waals surface area (Å²) in [6.45, 7) is 3.17. The van der Waals surface area contributed by atoms with Crippen LogP contribution in [0.25, 0.3) is 0 Å². The fraction of sp³-hybridized carbons (Fsp3) is 0.278. The van der Waals surface area contributed by atoms with Crippen LogP contribution in [0.3, 0.4) is 0 Å². The number of amides is 1. The molecule has 0 unspecified atom stereocenters. The summed E-state index contributed by atoms with van der Waals surface area (Å²) in [5, 5.41) is 2.77. The van der Waals surface area contributed by atoms with E-state index >= 15 is 0 Å². The highest BCUT2D eigenvalue weighted by molar-refractivity contribution is 5.91. The maximum absolute atomic E-state index is 11.9. The van der Waals surface area contributed by atoms with Crippen LogP contribution in [0.15, 0.2) is 48.5 Å². The quantitative estimate of drug-likeness (QED) is 0.785. The van der Waals surface area contributed by atoms with E-state index in [4.69, 9.17) is 15.2 Å². The fourth-order valence-corrected chi connectivity index (χ4v) is 1.92. The number of nitrogens with one attached hydrogen (secondary N) is 1. The normalized spacial score (nSPS) is 10.2. The summed E-state index contributed by atoms with van der Waals surface area (Å²) < 4.78 is 10.9. The Bertz CT molecular complexity index is 609. The van der Waals surface area contributed by atoms with E-state index < -0.39 is 0 Å². The number of hydrogen-bond donors (Lipinski definition) is 2. The lowest BCUT2D eigenvalue weighted by Crippen LogP contribution is -2.20. The highest BCUT2D eigenvalue weighted by Crippen LogP contribution is 2.17. The van der Waals surface area contributed by atoms with Crippen molar-refractivity contribution in [3.63, 3.8) is 0 Å². The SMILES string of the molecule is CCCOc1ccc(OCC(=O)Nc2ccc(CN)cc2)cc1. The minimum absolute atomic E-state index is 0.0478. The van der Waals surface area contributed by atoms with Gasteiger partial charge in [-0.05, 0) is 48.4 Å². The van der Waals surface area contributed by atoms with Gasteiger partial charge in [-0.15, -0.1) is 0 Å². The van der Waals surface area contributed by atoms with Crippen molar-refractivity contribution in [1.29, 1.82) is 0 Å². The number of anilines is 1. The van der Waals surface area contributed by atoms with E-state index in [0.29, 0.717) is 18.9 Å². The highest BCUT2D eigenvalue weighted by atomic mass is 16.5. The first-order valence-electron chi connectivity index (χ1n) is 7.65. The van der Waals surface area contributed by atoms with Gasteiger partial charge in [-0.25, -0.2) is 0 Å². The molecular weight excluding hydrogens is 292 g/mol. The molecule has 122 valence electrons. The van der Waals surface area contributed by atoms with Gasteiger partial charge in [0.25, 0.3) is 5.91 Å². The van der Waals surface area contributed by atoms with Crippen molar-refractivity contribution < 1.29 is 14.3 Å². The maximum atomic E-state index is 11.9. The van der Waals surface area contributed by atoms with Crippen LogP contribution in [0.1, 0.15) is 18.9 Å². The molecule has 0 aliphatic carbocycles. The molecule has 3 N–H and O–H groups in total. The van der Waals surface area contributed by atoms with Crippen LogP contribution in [-0.2, 0) is 11.3 Å². The minimum atomic E-state index is -0.211. The van der Waals surface area contributed by atoms with Gasteiger partial charge >= 0.3 is 0 Å². The van der Waals surface area contributed by atoms with Crippen LogP contribution in [0.4, 0.5) is 5.69 Å². The van der Waals surface area contributed by atoms with Gasteiger partial charge in [0, 0.05) is 12.2 Å². The van der Waals surface area contributed by atoms with E-state index in [0.717, 1.165) is 23.4 Å². The highest BCUT2D eigenvalue weighted by Gasteiger charge is 2.04. The Labute approximate surface area is 136 Å². The molecular formula is C18H22N2O3. The molecule has 2 rings (SSSR count). The Morgan fingerprint density at radius 2 is 1.61 bits per heavy atom. The standard InChI is InChI=1S/C18H22N2O3/c1-2-11-22-16-7-9-17(10-8-16)23-13-18(21)20-15-5-3-14(12-19)4-6-15/h3-10H,2,11-13,19H2,1H3,(H,20,21). The van der Waals surface area contributed by atoms with Crippen molar-refractivity contribution in [2.45, 2.75) is 19.9 Å². The fourth-order valence-electron chi connectivity index (χ4n) is 1.92. The van der Waals surface area contributed by atoms with Crippen LogP contribution < -0.4 is 20.5 Å². The summed E-state index contributed by atoms with van der Waals surface area (Å²) in [7, 11) is 0. The molecule has 1 amide bonds. The van der Waals surface area contributed by atoms with Crippen molar-refractivity contribution in [1.82, 2.24) is 0 Å². The molecule has 0 saturated heterocycles. The Balaban J connectivity index is 1.79. The molecule has 5 heteroatoms. The molecule has 0 radical (unpaired) electrons. The van der Waals surface area contributed by atoms with E-state index in [-0.39, 0.29) is 12.5 Å². The average molecular weight is 314 g/mol. The number of carbonyl (C=O) groups is 1. The zero-order chi connectivity index (χ0) is 16.5. The van der Waals surface area contributed by atoms with E-state index in [1.165, 1.54) is 0 Å². The smallest absolute Gasteiger partial charge is 0.262 e. The third-order valence-electron chi connectivity index (χ3n) is 3.14. The molecule has 0 atom stereocenters. The number of benzene rings is 2. The zero-order valence-electron chi connectivity index (χ0n) is 13.2. The Kier molecular flexibility index (Phi) is 6.44. The molecule has 2 aromatic carbocycles. The van der Waals surface area contributed by atoms with E-state index in [2.05, 4.69) is 12.2 Å². The Morgan fingerprint density at radius 1 is 1.00 bits per heavy atom. The number of nitrogens with two attached hydrogens (primary N) is 1. The Hall–Kier alpha value is -2.53. The van der Waals surface area contributed by atoms with Gasteiger partial charge in [0.05, 0.1) is 6.61 Å². The summed E-state index contributed by atoms with van der Waals surface area (Å²) in [5.74, 6) is 1.21. The topological polar surface area (TPSA) is 73.6 Å². The summed E-state index contributed by atoms with van der Waals surface area (Å²) >= 11 is 0. The van der Waals surface area contributed by atoms with Gasteiger partial charge in [0.15, 0.2) is 6.61 Å². The van der Waals surface area contributed by atoms with E-state index in [9.17, 15) is 4.79 Å². The number of ether oxygens (including phenoxy) is 2. The maximum Gasteiger partial charge on any atom is 0.262 e. The first-order chi connectivity index (χ1) is 11.2. The molecule has 0 bridgehead atoms. The molecule has 5 nitrogen and oxygen atoms in total. The van der Waals surface area contributed by atoms with Gasteiger partial charge in [0.2, 0.25) is 0 Å². The lowest BCUT2D eigenvalue weighted by molar-refractivity contribution is -0.118. The predicted molar refractivity (Wildman–Crippen MR) is 90.7 cm³/mol. The van der Waals surface area contributed by atoms with Gasteiger partial charge in [0.1, 0.15) is 11.5 Å². The van der Waals surface area contributed by atoms with Gasteiger partial charge in [-0.2, -0.15) is 0 Å². The molecule has 0 aliphatic rings. The second-order valence-corrected chi connectivity index (χ2v) is 5.06. The monoisotopic (exact) mass is 314 g/mol. The van der Waals surface area contributed by atoms with Gasteiger partial charge in [-0.3, -0.25) is 4.79 Å². The van der Waals surface area contributed by atoms with Crippen LogP contribution in [-0.4, -0.2) is 19.1 Å². The predicted octanol–water partition coefficient (Wildman–Crippen LogP) is 2.95. The van der Waals surface area contributed by atoms with E-state index in [1.807, 2.05) is 36.4 Å². The molecule has 0 aliphatic heterocycles. The molecule has 0 aromatic heterocycles. The third kappa shape index (κ3) is 5.64.